The number of carboxylic acid groups (broad SMARTS) is 1. The summed E-state index contributed by atoms with van der Waals surface area (Å²) in [5, 5.41) is 12.3. The van der Waals surface area contributed by atoms with Gasteiger partial charge in [0.05, 0.1) is 24.3 Å². The van der Waals surface area contributed by atoms with Crippen molar-refractivity contribution in [1.29, 1.82) is 0 Å². The van der Waals surface area contributed by atoms with Crippen molar-refractivity contribution in [1.82, 2.24) is 5.32 Å². The highest BCUT2D eigenvalue weighted by molar-refractivity contribution is 6.06. The minimum atomic E-state index is -1.03. The average Bonchev–Trinajstić information content (AvgIpc) is 3.24. The van der Waals surface area contributed by atoms with Crippen LogP contribution in [0.15, 0.2) is 36.4 Å². The summed E-state index contributed by atoms with van der Waals surface area (Å²) in [6, 6.07) is 11.4. The molecule has 9 nitrogen and oxygen atoms in total. The highest BCUT2D eigenvalue weighted by Crippen LogP contribution is 2.34. The molecule has 2 aromatic carbocycles. The maximum absolute atomic E-state index is 12.5. The summed E-state index contributed by atoms with van der Waals surface area (Å²) in [4.78, 5) is 37.1. The van der Waals surface area contributed by atoms with Gasteiger partial charge in [-0.15, -0.1) is 0 Å². The van der Waals surface area contributed by atoms with Crippen LogP contribution >= 0.6 is 0 Å². The Morgan fingerprint density at radius 3 is 2.51 bits per heavy atom. The second-order valence-corrected chi connectivity index (χ2v) is 8.49. The van der Waals surface area contributed by atoms with Crippen molar-refractivity contribution in [3.05, 3.63) is 53.1 Å². The number of nitrogens with zero attached hydrogens (tertiary/aromatic N) is 1. The zero-order valence-electron chi connectivity index (χ0n) is 20.2. The van der Waals surface area contributed by atoms with Crippen LogP contribution in [0.3, 0.4) is 0 Å². The molecule has 3 rings (SSSR count). The molecule has 0 aromatic heterocycles. The van der Waals surface area contributed by atoms with Crippen LogP contribution in [-0.4, -0.2) is 55.2 Å². The Morgan fingerprint density at radius 1 is 1.14 bits per heavy atom. The van der Waals surface area contributed by atoms with E-state index in [0.29, 0.717) is 56.1 Å². The van der Waals surface area contributed by atoms with Gasteiger partial charge in [-0.1, -0.05) is 18.2 Å². The number of nitrogens with one attached hydrogen (secondary N) is 1. The number of aliphatic carboxylic acids is 1. The van der Waals surface area contributed by atoms with E-state index in [1.165, 1.54) is 4.90 Å². The molecular formula is C26H33N3O6. The Bertz CT molecular complexity index is 1070. The van der Waals surface area contributed by atoms with Gasteiger partial charge in [-0.05, 0) is 56.0 Å². The van der Waals surface area contributed by atoms with E-state index < -0.39 is 11.9 Å². The maximum atomic E-state index is 12.5. The van der Waals surface area contributed by atoms with Gasteiger partial charge in [-0.25, -0.2) is 0 Å². The van der Waals surface area contributed by atoms with E-state index in [0.717, 1.165) is 16.9 Å². The van der Waals surface area contributed by atoms with Crippen molar-refractivity contribution < 1.29 is 29.0 Å². The number of primary amides is 1. The van der Waals surface area contributed by atoms with Gasteiger partial charge in [0.15, 0.2) is 11.5 Å². The molecule has 1 atom stereocenters. The predicted octanol–water partition coefficient (Wildman–Crippen LogP) is 2.54. The minimum Gasteiger partial charge on any atom is -0.490 e. The summed E-state index contributed by atoms with van der Waals surface area (Å²) in [6.45, 7) is 6.05. The first kappa shape index (κ1) is 26.0. The van der Waals surface area contributed by atoms with E-state index in [4.69, 9.17) is 20.3 Å². The molecule has 1 unspecified atom stereocenters. The van der Waals surface area contributed by atoms with Crippen LogP contribution in [0.5, 0.6) is 11.5 Å². The van der Waals surface area contributed by atoms with Crippen LogP contribution in [0.2, 0.25) is 0 Å². The number of ether oxygens (including phenoxy) is 2. The molecule has 9 heteroatoms. The smallest absolute Gasteiger partial charge is 0.303 e. The van der Waals surface area contributed by atoms with Crippen LogP contribution in [-0.2, 0) is 22.4 Å². The Labute approximate surface area is 205 Å². The van der Waals surface area contributed by atoms with Crippen molar-refractivity contribution in [2.75, 3.05) is 31.2 Å². The number of anilines is 1. The monoisotopic (exact) mass is 483 g/mol. The number of amides is 2. The molecule has 1 aliphatic rings. The van der Waals surface area contributed by atoms with E-state index in [1.807, 2.05) is 44.2 Å². The van der Waals surface area contributed by atoms with E-state index >= 15 is 0 Å². The molecule has 0 spiro atoms. The standard InChI is InChI=1S/C26H33N3O6/c1-3-34-21-6-4-5-7-22(21)35-13-11-28-17(2)14-18-15-19-10-12-29(23(30)8-9-24(31)32)25(19)20(16-18)26(27)33/h4-7,15-17,28H,3,8-14H2,1-2H3,(H2,27,33)(H,31,32). The Morgan fingerprint density at radius 2 is 1.86 bits per heavy atom. The summed E-state index contributed by atoms with van der Waals surface area (Å²) >= 11 is 0. The molecular weight excluding hydrogens is 450 g/mol. The average molecular weight is 484 g/mol. The normalized spacial score (nSPS) is 13.3. The van der Waals surface area contributed by atoms with Crippen molar-refractivity contribution in [2.24, 2.45) is 5.73 Å². The lowest BCUT2D eigenvalue weighted by molar-refractivity contribution is -0.138. The zero-order valence-corrected chi connectivity index (χ0v) is 20.2. The number of carbonyl (C=O) groups is 3. The largest absolute Gasteiger partial charge is 0.490 e. The van der Waals surface area contributed by atoms with Gasteiger partial charge >= 0.3 is 5.97 Å². The third-order valence-corrected chi connectivity index (χ3v) is 5.79. The molecule has 35 heavy (non-hydrogen) atoms. The van der Waals surface area contributed by atoms with Crippen LogP contribution in [0.25, 0.3) is 0 Å². The van der Waals surface area contributed by atoms with Gasteiger partial charge < -0.3 is 30.5 Å². The van der Waals surface area contributed by atoms with Crippen LogP contribution in [0.4, 0.5) is 5.69 Å². The number of rotatable bonds is 13. The van der Waals surface area contributed by atoms with Gasteiger partial charge in [0.1, 0.15) is 6.61 Å². The highest BCUT2D eigenvalue weighted by Gasteiger charge is 2.30. The Kier molecular flexibility index (Phi) is 9.08. The fourth-order valence-electron chi connectivity index (χ4n) is 4.25. The molecule has 4 N–H and O–H groups in total. The number of carboxylic acids is 1. The molecule has 2 aromatic rings. The van der Waals surface area contributed by atoms with Gasteiger partial charge in [0.25, 0.3) is 5.91 Å². The second-order valence-electron chi connectivity index (χ2n) is 8.49. The second kappa shape index (κ2) is 12.2. The molecule has 1 aliphatic heterocycles. The van der Waals surface area contributed by atoms with Gasteiger partial charge in [0.2, 0.25) is 5.91 Å². The van der Waals surface area contributed by atoms with Crippen LogP contribution in [0.1, 0.15) is 48.2 Å². The molecule has 0 saturated carbocycles. The lowest BCUT2D eigenvalue weighted by Crippen LogP contribution is -2.32. The predicted molar refractivity (Wildman–Crippen MR) is 132 cm³/mol. The summed E-state index contributed by atoms with van der Waals surface area (Å²) in [7, 11) is 0. The van der Waals surface area contributed by atoms with Gasteiger partial charge in [-0.3, -0.25) is 14.4 Å². The van der Waals surface area contributed by atoms with Gasteiger partial charge in [0, 0.05) is 25.6 Å². The fraction of sp³-hybridized carbons (Fsp3) is 0.423. The van der Waals surface area contributed by atoms with Crippen LogP contribution < -0.4 is 25.4 Å². The summed E-state index contributed by atoms with van der Waals surface area (Å²) in [6.07, 6.45) is 0.888. The zero-order chi connectivity index (χ0) is 25.4. The van der Waals surface area contributed by atoms with Gasteiger partial charge in [-0.2, -0.15) is 0 Å². The minimum absolute atomic E-state index is 0.106. The number of fused-ring (bicyclic) bond motifs is 1. The Balaban J connectivity index is 1.60. The number of carbonyl (C=O) groups excluding carboxylic acids is 2. The molecule has 0 aliphatic carbocycles. The molecule has 0 saturated heterocycles. The first-order valence-corrected chi connectivity index (χ1v) is 11.9. The summed E-state index contributed by atoms with van der Waals surface area (Å²) < 4.78 is 11.4. The third kappa shape index (κ3) is 6.95. The lowest BCUT2D eigenvalue weighted by atomic mass is 9.98. The topological polar surface area (TPSA) is 131 Å². The van der Waals surface area contributed by atoms with Crippen molar-refractivity contribution in [3.63, 3.8) is 0 Å². The molecule has 188 valence electrons. The molecule has 0 radical (unpaired) electrons. The molecule has 2 amide bonds. The molecule has 1 heterocycles. The molecule has 0 bridgehead atoms. The Hall–Kier alpha value is -3.59. The first-order valence-electron chi connectivity index (χ1n) is 11.9. The third-order valence-electron chi connectivity index (χ3n) is 5.79. The van der Waals surface area contributed by atoms with E-state index in [-0.39, 0.29) is 24.8 Å². The van der Waals surface area contributed by atoms with Crippen molar-refractivity contribution in [2.45, 2.75) is 45.6 Å². The summed E-state index contributed by atoms with van der Waals surface area (Å²) in [5.74, 6) is -0.536. The number of hydrogen-bond donors (Lipinski definition) is 3. The van der Waals surface area contributed by atoms with Crippen molar-refractivity contribution in [3.8, 4) is 11.5 Å². The SMILES string of the molecule is CCOc1ccccc1OCCNC(C)Cc1cc2c(c(C(N)=O)c1)N(C(=O)CCC(=O)O)CC2. The maximum Gasteiger partial charge on any atom is 0.303 e. The number of nitrogens with two attached hydrogens (primary N) is 1. The van der Waals surface area contributed by atoms with E-state index in [9.17, 15) is 14.4 Å². The van der Waals surface area contributed by atoms with E-state index in [2.05, 4.69) is 5.32 Å². The van der Waals surface area contributed by atoms with E-state index in [1.54, 1.807) is 6.07 Å². The summed E-state index contributed by atoms with van der Waals surface area (Å²) in [5.41, 5.74) is 8.27. The number of benzene rings is 2. The fourth-order valence-corrected chi connectivity index (χ4v) is 4.25. The quantitative estimate of drug-likeness (QED) is 0.373. The number of para-hydroxylation sites is 2. The van der Waals surface area contributed by atoms with Crippen molar-refractivity contribution >= 4 is 23.5 Å². The molecule has 0 fully saturated rings. The lowest BCUT2D eigenvalue weighted by Gasteiger charge is -2.21. The highest BCUT2D eigenvalue weighted by atomic mass is 16.5. The first-order chi connectivity index (χ1) is 16.8. The number of hydrogen-bond acceptors (Lipinski definition) is 6. The van der Waals surface area contributed by atoms with Crippen LogP contribution in [0, 0.1) is 0 Å².